The van der Waals surface area contributed by atoms with E-state index in [0.29, 0.717) is 47.0 Å². The van der Waals surface area contributed by atoms with Gasteiger partial charge in [0.15, 0.2) is 179 Å². The van der Waals surface area contributed by atoms with Crippen molar-refractivity contribution < 1.29 is 143 Å². The van der Waals surface area contributed by atoms with Crippen LogP contribution in [0.2, 0.25) is 0 Å². The SMILES string of the molecule is CCCC(=O)c1c(OCOC)c(OCOC)c(C(=O)CCC)c2c1OCO2.COCOc1c(OCOC)c(C(=O)C(C)(C)C)c2c(c1C(=O)C(C)(C)C)OCO2.COCOc1c(OCOC)c(C(C)=O)c2c(c1C(C)=O)OCO2.O=C1CCOc2c3c(c4c(c21)OCO4)C(=O)CCO3. The minimum absolute atomic E-state index is 0.00120. The molecule has 0 saturated heterocycles. The fourth-order valence-corrected chi connectivity index (χ4v) is 10.4. The molecule has 0 aromatic heterocycles. The Morgan fingerprint density at radius 3 is 0.806 bits per heavy atom. The lowest BCUT2D eigenvalue weighted by Crippen LogP contribution is -2.25. The molecule has 6 aliphatic heterocycles. The molecule has 0 radical (unpaired) electrons. The van der Waals surface area contributed by atoms with Gasteiger partial charge in [0.05, 0.1) is 13.2 Å². The van der Waals surface area contributed by atoms with Gasteiger partial charge in [-0.1, -0.05) is 55.4 Å². The summed E-state index contributed by atoms with van der Waals surface area (Å²) >= 11 is 0. The van der Waals surface area contributed by atoms with Gasteiger partial charge in [0.25, 0.3) is 0 Å². The van der Waals surface area contributed by atoms with E-state index in [-0.39, 0.29) is 255 Å². The van der Waals surface area contributed by atoms with Crippen LogP contribution in [-0.2, 0) is 28.4 Å². The van der Waals surface area contributed by atoms with Gasteiger partial charge in [-0.05, 0) is 26.7 Å². The molecule has 98 heavy (non-hydrogen) atoms. The molecule has 0 amide bonds. The Bertz CT molecular complexity index is 3420. The average molecular weight is 1380 g/mol. The second kappa shape index (κ2) is 34.3. The monoisotopic (exact) mass is 1380 g/mol. The second-order valence-electron chi connectivity index (χ2n) is 23.9. The number of carbonyl (C=O) groups is 8. The van der Waals surface area contributed by atoms with Crippen LogP contribution >= 0.6 is 0 Å². The number of benzene rings is 4. The Morgan fingerprint density at radius 2 is 0.561 bits per heavy atom. The van der Waals surface area contributed by atoms with Gasteiger partial charge in [-0.2, -0.15) is 0 Å². The van der Waals surface area contributed by atoms with E-state index in [9.17, 15) is 38.4 Å². The molecular weight excluding hydrogens is 1300 g/mol. The molecule has 30 nitrogen and oxygen atoms in total. The van der Waals surface area contributed by atoms with E-state index in [4.69, 9.17) is 104 Å². The first kappa shape index (κ1) is 76.2. The summed E-state index contributed by atoms with van der Waals surface area (Å²) in [5.74, 6) is 1.18. The van der Waals surface area contributed by atoms with Crippen LogP contribution in [0.3, 0.4) is 0 Å². The molecule has 6 aliphatic rings. The Morgan fingerprint density at radius 1 is 0.337 bits per heavy atom. The molecule has 30 heteroatoms. The first-order valence-corrected chi connectivity index (χ1v) is 31.0. The first-order valence-electron chi connectivity index (χ1n) is 31.0. The maximum absolute atomic E-state index is 13.3. The minimum Gasteiger partial charge on any atom is -0.488 e. The summed E-state index contributed by atoms with van der Waals surface area (Å²) in [5.41, 5.74) is 0.131. The van der Waals surface area contributed by atoms with Crippen LogP contribution in [0.4, 0.5) is 0 Å². The van der Waals surface area contributed by atoms with Gasteiger partial charge < -0.3 is 104 Å². The molecule has 0 unspecified atom stereocenters. The lowest BCUT2D eigenvalue weighted by Gasteiger charge is -2.26. The summed E-state index contributed by atoms with van der Waals surface area (Å²) in [6, 6.07) is 0. The molecular formula is C68H84O30. The highest BCUT2D eigenvalue weighted by Gasteiger charge is 2.45. The van der Waals surface area contributed by atoms with E-state index in [2.05, 4.69) is 0 Å². The Kier molecular flexibility index (Phi) is 26.7. The Labute approximate surface area is 565 Å². The summed E-state index contributed by atoms with van der Waals surface area (Å²) in [6.45, 7) is 16.6. The molecule has 536 valence electrons. The summed E-state index contributed by atoms with van der Waals surface area (Å²) in [4.78, 5) is 100. The molecule has 10 rings (SSSR count). The molecule has 0 N–H and O–H groups in total. The highest BCUT2D eigenvalue weighted by atomic mass is 16.7. The van der Waals surface area contributed by atoms with E-state index in [0.717, 1.165) is 0 Å². The average Bonchev–Trinajstić information content (AvgIpc) is 1.69. The number of ether oxygens (including phenoxy) is 22. The molecule has 6 heterocycles. The normalized spacial score (nSPS) is 13.9. The van der Waals surface area contributed by atoms with E-state index >= 15 is 0 Å². The molecule has 0 fully saturated rings. The highest BCUT2D eigenvalue weighted by molar-refractivity contribution is 6.14. The van der Waals surface area contributed by atoms with Gasteiger partial charge in [-0.15, -0.1) is 0 Å². The highest BCUT2D eigenvalue weighted by Crippen LogP contribution is 2.57. The predicted octanol–water partition coefficient (Wildman–Crippen LogP) is 10.3. The standard InChI is InChI=1S/C21H30O8.C19H26O8.C15H18O8.C13H10O6/c1-20(2,3)18(22)12-14(26-9-24-7)15(27-10-25-8)13(19(23)21(4,5)6)17-16(12)28-11-29-17;1-5-7-12(20)14-16(24-9-22-3)17(25-10-23-4)15(13(21)8-6-2)19-18(14)26-11-27-19;1-8(16)10-12(20-5-18-3)13(21-6-19-4)11(9(2)17)15-14(10)22-7-23-15;14-6-1-3-16-10-8(6)12-13(19-5-18-12)9-7(15)2-4-17-11(9)10/h9-11H2,1-8H3;5-11H2,1-4H3;5-7H2,1-4H3;1-5H2. The first-order chi connectivity index (χ1) is 46.8. The zero-order chi connectivity index (χ0) is 71.8. The summed E-state index contributed by atoms with van der Waals surface area (Å²) in [7, 11) is 8.69. The Balaban J connectivity index is 0.000000186. The quantitative estimate of drug-likeness (QED) is 0.0377. The summed E-state index contributed by atoms with van der Waals surface area (Å²) < 4.78 is 118. The Hall–Kier alpha value is -9.20. The van der Waals surface area contributed by atoms with Crippen LogP contribution < -0.4 is 75.8 Å². The third kappa shape index (κ3) is 16.5. The van der Waals surface area contributed by atoms with Crippen molar-refractivity contribution in [3.05, 3.63) is 44.5 Å². The van der Waals surface area contributed by atoms with E-state index in [1.807, 2.05) is 13.8 Å². The number of Topliss-reactive ketones (excluding diaryl/α,β-unsaturated/α-hetero) is 8. The molecule has 4 aromatic rings. The van der Waals surface area contributed by atoms with Gasteiger partial charge in [-0.3, -0.25) is 38.4 Å². The zero-order valence-corrected chi connectivity index (χ0v) is 58.0. The molecule has 4 aromatic carbocycles. The summed E-state index contributed by atoms with van der Waals surface area (Å²) in [6.07, 6.45) is 2.42. The van der Waals surface area contributed by atoms with Gasteiger partial charge in [-0.25, -0.2) is 0 Å². The van der Waals surface area contributed by atoms with Crippen molar-refractivity contribution >= 4 is 46.3 Å². The van der Waals surface area contributed by atoms with Gasteiger partial charge >= 0.3 is 0 Å². The maximum Gasteiger partial charge on any atom is 0.231 e. The number of hydrogen-bond donors (Lipinski definition) is 0. The van der Waals surface area contributed by atoms with Gasteiger partial charge in [0, 0.05) is 79.2 Å². The molecule has 0 aliphatic carbocycles. The van der Waals surface area contributed by atoms with Crippen molar-refractivity contribution in [3.63, 3.8) is 0 Å². The minimum atomic E-state index is -0.751. The van der Waals surface area contributed by atoms with E-state index < -0.39 is 10.8 Å². The van der Waals surface area contributed by atoms with Gasteiger partial charge in [0.2, 0.25) is 27.2 Å². The smallest absolute Gasteiger partial charge is 0.231 e. The van der Waals surface area contributed by atoms with Crippen LogP contribution in [0.5, 0.6) is 92.0 Å². The number of methoxy groups -OCH3 is 6. The van der Waals surface area contributed by atoms with Crippen molar-refractivity contribution in [3.8, 4) is 92.0 Å². The third-order valence-electron chi connectivity index (χ3n) is 14.6. The molecule has 0 saturated carbocycles. The molecule has 0 bridgehead atoms. The predicted molar refractivity (Wildman–Crippen MR) is 340 cm³/mol. The second-order valence-corrected chi connectivity index (χ2v) is 23.9. The maximum atomic E-state index is 13.3. The van der Waals surface area contributed by atoms with Gasteiger partial charge in [0.1, 0.15) is 44.5 Å². The number of fused-ring (bicyclic) bond motifs is 9. The van der Waals surface area contributed by atoms with Crippen LogP contribution in [0, 0.1) is 10.8 Å². The van der Waals surface area contributed by atoms with Crippen LogP contribution in [-0.4, -0.2) is 170 Å². The lowest BCUT2D eigenvalue weighted by molar-refractivity contribution is 0.0304. The van der Waals surface area contributed by atoms with Crippen molar-refractivity contribution in [2.75, 3.05) is 124 Å². The van der Waals surface area contributed by atoms with Crippen molar-refractivity contribution in [2.24, 2.45) is 10.8 Å². The fraction of sp³-hybridized carbons (Fsp3) is 0.529. The van der Waals surface area contributed by atoms with Crippen molar-refractivity contribution in [2.45, 2.75) is 108 Å². The number of ketones is 8. The topological polar surface area (TPSA) is 340 Å². The largest absolute Gasteiger partial charge is 0.488 e. The van der Waals surface area contributed by atoms with E-state index in [1.54, 1.807) is 41.5 Å². The fourth-order valence-electron chi connectivity index (χ4n) is 10.4. The molecule has 0 atom stereocenters. The van der Waals surface area contributed by atoms with Crippen molar-refractivity contribution in [1.82, 2.24) is 0 Å². The lowest BCUT2D eigenvalue weighted by atomic mass is 9.82. The third-order valence-corrected chi connectivity index (χ3v) is 14.6. The van der Waals surface area contributed by atoms with Crippen molar-refractivity contribution in [1.29, 1.82) is 0 Å². The van der Waals surface area contributed by atoms with E-state index in [1.165, 1.54) is 56.5 Å². The zero-order valence-electron chi connectivity index (χ0n) is 58.0. The van der Waals surface area contributed by atoms with Crippen LogP contribution in [0.25, 0.3) is 0 Å². The van der Waals surface area contributed by atoms with Crippen LogP contribution in [0.15, 0.2) is 0 Å². The molecule has 0 spiro atoms. The van der Waals surface area contributed by atoms with Crippen LogP contribution in [0.1, 0.15) is 191 Å². The number of hydrogen-bond acceptors (Lipinski definition) is 30. The number of rotatable bonds is 28. The summed E-state index contributed by atoms with van der Waals surface area (Å²) in [5, 5.41) is 0. The number of carbonyl (C=O) groups excluding carboxylic acids is 8.